The highest BCUT2D eigenvalue weighted by Gasteiger charge is 2.52. The third kappa shape index (κ3) is 4.15. The van der Waals surface area contributed by atoms with E-state index in [9.17, 15) is 18.0 Å². The van der Waals surface area contributed by atoms with E-state index < -0.39 is 24.2 Å². The first kappa shape index (κ1) is 18.5. The van der Waals surface area contributed by atoms with Gasteiger partial charge in [-0.15, -0.1) is 0 Å². The van der Waals surface area contributed by atoms with E-state index in [0.717, 1.165) is 0 Å². The molecule has 1 aliphatic heterocycles. The highest BCUT2D eigenvalue weighted by atomic mass is 35.5. The molecule has 7 heteroatoms. The summed E-state index contributed by atoms with van der Waals surface area (Å²) < 4.78 is 44.6. The van der Waals surface area contributed by atoms with Crippen LogP contribution >= 0.6 is 11.6 Å². The second kappa shape index (κ2) is 6.21. The second-order valence-corrected chi connectivity index (χ2v) is 7.11. The maximum Gasteiger partial charge on any atom is 0.426 e. The van der Waals surface area contributed by atoms with Crippen LogP contribution in [0.4, 0.5) is 13.2 Å². The first-order chi connectivity index (χ1) is 10.9. The monoisotopic (exact) mass is 360 g/mol. The van der Waals surface area contributed by atoms with Crippen LogP contribution in [0.25, 0.3) is 0 Å². The lowest BCUT2D eigenvalue weighted by Crippen LogP contribution is -2.47. The minimum absolute atomic E-state index is 0.0454. The van der Waals surface area contributed by atoms with Gasteiger partial charge in [-0.3, -0.25) is 4.79 Å². The van der Waals surface area contributed by atoms with E-state index in [1.54, 1.807) is 0 Å². The Bertz CT molecular complexity index is 724. The van der Waals surface area contributed by atoms with Gasteiger partial charge in [-0.25, -0.2) is 0 Å². The maximum absolute atomic E-state index is 13.2. The van der Waals surface area contributed by atoms with Crippen molar-refractivity contribution in [3.05, 3.63) is 28.3 Å². The standard InChI is InChI=1S/C17H16ClF3O3/c1-16(2,3)5-4-9-6-11(18)7-10-8-12(15(22)23)14(17(19,20)21)24-13(9)10/h6-7,12,14H,8H2,1-3H3,(H,22,23)/t12-,14+/m1/s1. The van der Waals surface area contributed by atoms with Gasteiger partial charge >= 0.3 is 12.1 Å². The van der Waals surface area contributed by atoms with Crippen molar-refractivity contribution in [2.45, 2.75) is 39.5 Å². The molecule has 0 aromatic heterocycles. The number of halogens is 4. The number of alkyl halides is 3. The van der Waals surface area contributed by atoms with Crippen LogP contribution in [0.3, 0.4) is 0 Å². The largest absolute Gasteiger partial charge is 0.481 e. The molecule has 0 saturated heterocycles. The van der Waals surface area contributed by atoms with Gasteiger partial charge in [0.1, 0.15) is 11.7 Å². The van der Waals surface area contributed by atoms with Gasteiger partial charge in [0.05, 0.1) is 5.56 Å². The third-order valence-electron chi connectivity index (χ3n) is 3.39. The van der Waals surface area contributed by atoms with Crippen molar-refractivity contribution >= 4 is 17.6 Å². The number of carboxylic acids is 1. The van der Waals surface area contributed by atoms with Crippen LogP contribution in [0.2, 0.25) is 5.02 Å². The van der Waals surface area contributed by atoms with Gasteiger partial charge in [-0.05, 0) is 44.9 Å². The van der Waals surface area contributed by atoms with Crippen LogP contribution in [0.5, 0.6) is 5.75 Å². The Hall–Kier alpha value is -1.87. The van der Waals surface area contributed by atoms with E-state index in [2.05, 4.69) is 11.8 Å². The quantitative estimate of drug-likeness (QED) is 0.759. The first-order valence-corrected chi connectivity index (χ1v) is 7.58. The summed E-state index contributed by atoms with van der Waals surface area (Å²) in [7, 11) is 0. The lowest BCUT2D eigenvalue weighted by Gasteiger charge is -2.33. The average Bonchev–Trinajstić information content (AvgIpc) is 2.41. The summed E-state index contributed by atoms with van der Waals surface area (Å²) in [5.41, 5.74) is 0.177. The van der Waals surface area contributed by atoms with Crippen molar-refractivity contribution in [1.29, 1.82) is 0 Å². The van der Waals surface area contributed by atoms with E-state index in [1.807, 2.05) is 20.8 Å². The predicted molar refractivity (Wildman–Crippen MR) is 83.1 cm³/mol. The lowest BCUT2D eigenvalue weighted by atomic mass is 9.88. The Kier molecular flexibility index (Phi) is 4.78. The molecule has 24 heavy (non-hydrogen) atoms. The van der Waals surface area contributed by atoms with E-state index in [0.29, 0.717) is 5.56 Å². The number of fused-ring (bicyclic) bond motifs is 1. The molecule has 0 fully saturated rings. The first-order valence-electron chi connectivity index (χ1n) is 7.20. The van der Waals surface area contributed by atoms with E-state index >= 15 is 0 Å². The summed E-state index contributed by atoms with van der Waals surface area (Å²) in [5, 5.41) is 9.37. The van der Waals surface area contributed by atoms with Gasteiger partial charge in [0.25, 0.3) is 0 Å². The molecule has 0 spiro atoms. The minimum atomic E-state index is -4.80. The van der Waals surface area contributed by atoms with Gasteiger partial charge in [-0.1, -0.05) is 23.4 Å². The van der Waals surface area contributed by atoms with Gasteiger partial charge in [0, 0.05) is 10.4 Å². The molecule has 0 saturated carbocycles. The number of ether oxygens (including phenoxy) is 1. The van der Waals surface area contributed by atoms with E-state index in [4.69, 9.17) is 21.4 Å². The van der Waals surface area contributed by atoms with Crippen molar-refractivity contribution in [3.63, 3.8) is 0 Å². The molecule has 1 aromatic carbocycles. The lowest BCUT2D eigenvalue weighted by molar-refractivity contribution is -0.217. The number of aliphatic carboxylic acids is 1. The molecule has 1 aliphatic rings. The van der Waals surface area contributed by atoms with Crippen molar-refractivity contribution in [2.75, 3.05) is 0 Å². The van der Waals surface area contributed by atoms with E-state index in [-0.39, 0.29) is 28.2 Å². The number of carboxylic acid groups (broad SMARTS) is 1. The Morgan fingerprint density at radius 2 is 1.96 bits per heavy atom. The summed E-state index contributed by atoms with van der Waals surface area (Å²) in [6.07, 6.45) is -7.53. The normalized spacial score (nSPS) is 20.5. The van der Waals surface area contributed by atoms with Gasteiger partial charge in [0.2, 0.25) is 6.10 Å². The zero-order chi connectivity index (χ0) is 18.3. The molecule has 0 unspecified atom stereocenters. The fraction of sp³-hybridized carbons (Fsp3) is 0.471. The van der Waals surface area contributed by atoms with Crippen molar-refractivity contribution < 1.29 is 27.8 Å². The summed E-state index contributed by atoms with van der Waals surface area (Å²) in [5.74, 6) is 2.38. The van der Waals surface area contributed by atoms with Crippen molar-refractivity contribution in [2.24, 2.45) is 11.3 Å². The number of rotatable bonds is 1. The fourth-order valence-electron chi connectivity index (χ4n) is 2.35. The molecule has 0 bridgehead atoms. The van der Waals surface area contributed by atoms with Crippen molar-refractivity contribution in [1.82, 2.24) is 0 Å². The van der Waals surface area contributed by atoms with Crippen LogP contribution in [0.15, 0.2) is 12.1 Å². The SMILES string of the molecule is CC(C)(C)C#Cc1cc(Cl)cc2c1O[C@H](C(F)(F)F)[C@H](C(=O)O)C2. The Morgan fingerprint density at radius 3 is 2.46 bits per heavy atom. The molecule has 2 atom stereocenters. The zero-order valence-electron chi connectivity index (χ0n) is 13.3. The minimum Gasteiger partial charge on any atom is -0.481 e. The van der Waals surface area contributed by atoms with Crippen molar-refractivity contribution in [3.8, 4) is 17.6 Å². The van der Waals surface area contributed by atoms with Crippen LogP contribution in [-0.4, -0.2) is 23.4 Å². The Labute approximate surface area is 142 Å². The smallest absolute Gasteiger partial charge is 0.426 e. The Morgan fingerprint density at radius 1 is 1.33 bits per heavy atom. The maximum atomic E-state index is 13.2. The molecule has 0 radical (unpaired) electrons. The molecule has 1 aromatic rings. The van der Waals surface area contributed by atoms with E-state index in [1.165, 1.54) is 12.1 Å². The topological polar surface area (TPSA) is 46.5 Å². The van der Waals surface area contributed by atoms with Gasteiger partial charge in [-0.2, -0.15) is 13.2 Å². The molecule has 130 valence electrons. The fourth-order valence-corrected chi connectivity index (χ4v) is 2.59. The molecule has 1 N–H and O–H groups in total. The van der Waals surface area contributed by atoms with Crippen LogP contribution in [0, 0.1) is 23.2 Å². The number of benzene rings is 1. The van der Waals surface area contributed by atoms with Crippen LogP contribution in [0.1, 0.15) is 31.9 Å². The molecular weight excluding hydrogens is 345 g/mol. The third-order valence-corrected chi connectivity index (χ3v) is 3.61. The van der Waals surface area contributed by atoms with Gasteiger partial charge in [0.15, 0.2) is 0 Å². The molecular formula is C17H16ClF3O3. The Balaban J connectivity index is 2.56. The van der Waals surface area contributed by atoms with Crippen LogP contribution < -0.4 is 4.74 Å². The second-order valence-electron chi connectivity index (χ2n) is 6.67. The van der Waals surface area contributed by atoms with Gasteiger partial charge < -0.3 is 9.84 Å². The zero-order valence-corrected chi connectivity index (χ0v) is 14.0. The highest BCUT2D eigenvalue weighted by molar-refractivity contribution is 6.30. The molecule has 0 amide bonds. The molecule has 1 heterocycles. The summed E-state index contributed by atoms with van der Waals surface area (Å²) in [4.78, 5) is 11.2. The predicted octanol–water partition coefficient (Wildman–Crippen LogP) is 4.30. The average molecular weight is 361 g/mol. The summed E-state index contributed by atoms with van der Waals surface area (Å²) in [6.45, 7) is 5.57. The number of hydrogen-bond acceptors (Lipinski definition) is 2. The summed E-state index contributed by atoms with van der Waals surface area (Å²) >= 11 is 5.99. The molecule has 0 aliphatic carbocycles. The summed E-state index contributed by atoms with van der Waals surface area (Å²) in [6, 6.07) is 2.84. The van der Waals surface area contributed by atoms with Crippen LogP contribution in [-0.2, 0) is 11.2 Å². The number of carbonyl (C=O) groups is 1. The molecule has 3 nitrogen and oxygen atoms in total. The number of hydrogen-bond donors (Lipinski definition) is 1. The highest BCUT2D eigenvalue weighted by Crippen LogP contribution is 2.41. The molecule has 2 rings (SSSR count).